The Morgan fingerprint density at radius 3 is 2.38 bits per heavy atom. The number of nitrogens with one attached hydrogen (secondary N) is 1. The molecule has 21 heavy (non-hydrogen) atoms. The Bertz CT molecular complexity index is 645. The van der Waals surface area contributed by atoms with Crippen LogP contribution in [0.5, 0.6) is 0 Å². The molecule has 0 fully saturated rings. The van der Waals surface area contributed by atoms with Crippen LogP contribution < -0.4 is 4.72 Å². The quantitative estimate of drug-likeness (QED) is 0.742. The van der Waals surface area contributed by atoms with Gasteiger partial charge in [-0.25, -0.2) is 13.2 Å². The van der Waals surface area contributed by atoms with Gasteiger partial charge in [0.1, 0.15) is 17.4 Å². The summed E-state index contributed by atoms with van der Waals surface area (Å²) >= 11 is 0. The van der Waals surface area contributed by atoms with E-state index in [9.17, 15) is 18.0 Å². The summed E-state index contributed by atoms with van der Waals surface area (Å²) in [6.07, 6.45) is 0. The van der Waals surface area contributed by atoms with E-state index in [1.807, 2.05) is 4.72 Å². The second-order valence-corrected chi connectivity index (χ2v) is 6.35. The van der Waals surface area contributed by atoms with Crippen LogP contribution in [0.4, 0.5) is 0 Å². The minimum absolute atomic E-state index is 0.0331. The Morgan fingerprint density at radius 2 is 1.95 bits per heavy atom. The molecule has 1 atom stereocenters. The molecule has 1 rings (SSSR count). The summed E-state index contributed by atoms with van der Waals surface area (Å²) < 4.78 is 35.8. The largest absolute Gasteiger partial charge is 0.480 e. The molecule has 9 heteroatoms. The molecule has 0 spiro atoms. The van der Waals surface area contributed by atoms with Crippen molar-refractivity contribution in [2.75, 3.05) is 7.11 Å². The summed E-state index contributed by atoms with van der Waals surface area (Å²) in [4.78, 5) is 22.5. The highest BCUT2D eigenvalue weighted by molar-refractivity contribution is 7.89. The number of carboxylic acid groups (broad SMARTS) is 1. The predicted octanol–water partition coefficient (Wildman–Crippen LogP) is 0.762. The maximum atomic E-state index is 12.1. The molecular weight excluding hydrogens is 302 g/mol. The van der Waals surface area contributed by atoms with E-state index in [0.717, 1.165) is 13.2 Å². The highest BCUT2D eigenvalue weighted by atomic mass is 32.2. The van der Waals surface area contributed by atoms with E-state index in [1.54, 1.807) is 13.8 Å². The second-order valence-electron chi connectivity index (χ2n) is 4.71. The Labute approximate surface area is 122 Å². The van der Waals surface area contributed by atoms with E-state index in [2.05, 4.69) is 4.74 Å². The SMILES string of the molecule is COC(=O)c1cc(S(=O)(=O)N[C@@H](C(=O)O)C(C)C)oc1C. The fourth-order valence-electron chi connectivity index (χ4n) is 1.60. The number of ether oxygens (including phenoxy) is 1. The van der Waals surface area contributed by atoms with Gasteiger partial charge in [-0.05, 0) is 12.8 Å². The van der Waals surface area contributed by atoms with E-state index >= 15 is 0 Å². The van der Waals surface area contributed by atoms with Gasteiger partial charge in [0.2, 0.25) is 5.09 Å². The first kappa shape index (κ1) is 17.2. The predicted molar refractivity (Wildman–Crippen MR) is 71.4 cm³/mol. The topological polar surface area (TPSA) is 123 Å². The molecule has 0 aliphatic carbocycles. The molecule has 2 N–H and O–H groups in total. The standard InChI is InChI=1S/C12H17NO7S/c1-6(2)10(11(14)15)13-21(17,18)9-5-8(7(3)20-9)12(16)19-4/h5-6,10,13H,1-4H3,(H,14,15)/t10-/m1/s1. The van der Waals surface area contributed by atoms with E-state index in [-0.39, 0.29) is 11.3 Å². The molecule has 0 radical (unpaired) electrons. The number of aliphatic carboxylic acids is 1. The number of hydrogen-bond donors (Lipinski definition) is 2. The first-order chi connectivity index (χ1) is 9.60. The number of carbonyl (C=O) groups excluding carboxylic acids is 1. The second kappa shape index (κ2) is 6.27. The molecule has 8 nitrogen and oxygen atoms in total. The van der Waals surface area contributed by atoms with Gasteiger partial charge in [0.05, 0.1) is 7.11 Å². The molecule has 1 aromatic rings. The van der Waals surface area contributed by atoms with Crippen LogP contribution in [0.15, 0.2) is 15.6 Å². The fraction of sp³-hybridized carbons (Fsp3) is 0.500. The van der Waals surface area contributed by atoms with Crippen LogP contribution in [0.3, 0.4) is 0 Å². The lowest BCUT2D eigenvalue weighted by Gasteiger charge is -2.16. The smallest absolute Gasteiger partial charge is 0.341 e. The normalized spacial score (nSPS) is 13.2. The van der Waals surface area contributed by atoms with Crippen LogP contribution in [-0.4, -0.2) is 38.6 Å². The molecule has 0 saturated heterocycles. The molecule has 0 aliphatic rings. The summed E-state index contributed by atoms with van der Waals surface area (Å²) in [5, 5.41) is 8.47. The lowest BCUT2D eigenvalue weighted by molar-refractivity contribution is -0.140. The molecule has 1 aromatic heterocycles. The van der Waals surface area contributed by atoms with Crippen molar-refractivity contribution in [3.63, 3.8) is 0 Å². The van der Waals surface area contributed by atoms with E-state index in [4.69, 9.17) is 9.52 Å². The minimum atomic E-state index is -4.20. The maximum Gasteiger partial charge on any atom is 0.341 e. The van der Waals surface area contributed by atoms with Gasteiger partial charge in [-0.2, -0.15) is 4.72 Å². The van der Waals surface area contributed by atoms with E-state index in [0.29, 0.717) is 0 Å². The van der Waals surface area contributed by atoms with Crippen LogP contribution >= 0.6 is 0 Å². The summed E-state index contributed by atoms with van der Waals surface area (Å²) in [6, 6.07) is -0.301. The molecular formula is C12H17NO7S. The van der Waals surface area contributed by atoms with E-state index in [1.165, 1.54) is 6.92 Å². The highest BCUT2D eigenvalue weighted by Gasteiger charge is 2.31. The zero-order valence-corrected chi connectivity index (χ0v) is 12.9. The van der Waals surface area contributed by atoms with Gasteiger partial charge in [0.25, 0.3) is 10.0 Å². The zero-order chi connectivity index (χ0) is 16.4. The maximum absolute atomic E-state index is 12.1. The van der Waals surface area contributed by atoms with Crippen LogP contribution in [0, 0.1) is 12.8 Å². The number of furan rings is 1. The number of esters is 1. The van der Waals surface area contributed by atoms with Gasteiger partial charge >= 0.3 is 11.9 Å². The van der Waals surface area contributed by atoms with Gasteiger partial charge < -0.3 is 14.3 Å². The highest BCUT2D eigenvalue weighted by Crippen LogP contribution is 2.20. The van der Waals surface area contributed by atoms with Crippen LogP contribution in [0.25, 0.3) is 0 Å². The van der Waals surface area contributed by atoms with Crippen molar-refractivity contribution in [3.05, 3.63) is 17.4 Å². The third kappa shape index (κ3) is 3.82. The number of hydrogen-bond acceptors (Lipinski definition) is 6. The summed E-state index contributed by atoms with van der Waals surface area (Å²) in [7, 11) is -3.05. The van der Waals surface area contributed by atoms with Crippen LogP contribution in [0.2, 0.25) is 0 Å². The Balaban J connectivity index is 3.14. The molecule has 1 heterocycles. The van der Waals surface area contributed by atoms with Crippen LogP contribution in [0.1, 0.15) is 30.0 Å². The summed E-state index contributed by atoms with van der Waals surface area (Å²) in [5.74, 6) is -2.44. The first-order valence-corrected chi connectivity index (χ1v) is 7.52. The van der Waals surface area contributed by atoms with Crippen molar-refractivity contribution in [2.24, 2.45) is 5.92 Å². The lowest BCUT2D eigenvalue weighted by atomic mass is 10.1. The molecule has 0 bridgehead atoms. The number of carboxylic acids is 1. The van der Waals surface area contributed by atoms with Crippen molar-refractivity contribution >= 4 is 22.0 Å². The van der Waals surface area contributed by atoms with Gasteiger partial charge in [0, 0.05) is 6.07 Å². The number of rotatable bonds is 6. The summed E-state index contributed by atoms with van der Waals surface area (Å²) in [6.45, 7) is 4.53. The Morgan fingerprint density at radius 1 is 1.38 bits per heavy atom. The van der Waals surface area contributed by atoms with Gasteiger partial charge in [-0.1, -0.05) is 13.8 Å². The Kier molecular flexibility index (Phi) is 5.13. The van der Waals surface area contributed by atoms with E-state index < -0.39 is 39.0 Å². The van der Waals surface area contributed by atoms with Crippen molar-refractivity contribution in [3.8, 4) is 0 Å². The zero-order valence-electron chi connectivity index (χ0n) is 12.0. The van der Waals surface area contributed by atoms with Gasteiger partial charge in [-0.3, -0.25) is 4.79 Å². The third-order valence-electron chi connectivity index (χ3n) is 2.78. The minimum Gasteiger partial charge on any atom is -0.480 e. The average Bonchev–Trinajstić information content (AvgIpc) is 2.77. The van der Waals surface area contributed by atoms with Crippen molar-refractivity contribution in [1.82, 2.24) is 4.72 Å². The Hall–Kier alpha value is -1.87. The lowest BCUT2D eigenvalue weighted by Crippen LogP contribution is -2.44. The molecule has 0 aromatic carbocycles. The molecule has 0 amide bonds. The van der Waals surface area contributed by atoms with Crippen LogP contribution in [-0.2, 0) is 19.6 Å². The van der Waals surface area contributed by atoms with Gasteiger partial charge in [0.15, 0.2) is 0 Å². The molecule has 0 saturated carbocycles. The third-order valence-corrected chi connectivity index (χ3v) is 4.08. The monoisotopic (exact) mass is 319 g/mol. The number of carbonyl (C=O) groups is 2. The summed E-state index contributed by atoms with van der Waals surface area (Å²) in [5.41, 5.74) is -0.0331. The molecule has 0 aliphatic heterocycles. The van der Waals surface area contributed by atoms with Crippen molar-refractivity contribution in [1.29, 1.82) is 0 Å². The fourth-order valence-corrected chi connectivity index (χ4v) is 2.93. The molecule has 0 unspecified atom stereocenters. The van der Waals surface area contributed by atoms with Crippen molar-refractivity contribution < 1.29 is 32.3 Å². The average molecular weight is 319 g/mol. The molecule has 118 valence electrons. The number of aryl methyl sites for hydroxylation is 1. The van der Waals surface area contributed by atoms with Crippen molar-refractivity contribution in [2.45, 2.75) is 31.9 Å². The first-order valence-electron chi connectivity index (χ1n) is 6.04. The number of sulfonamides is 1. The number of methoxy groups -OCH3 is 1. The van der Waals surface area contributed by atoms with Gasteiger partial charge in [-0.15, -0.1) is 0 Å².